The van der Waals surface area contributed by atoms with Gasteiger partial charge < -0.3 is 0 Å². The lowest BCUT2D eigenvalue weighted by Gasteiger charge is -2.02. The number of halogens is 3. The van der Waals surface area contributed by atoms with Crippen molar-refractivity contribution < 1.29 is 13.2 Å². The van der Waals surface area contributed by atoms with Crippen LogP contribution in [0.15, 0.2) is 24.3 Å². The van der Waals surface area contributed by atoms with Crippen molar-refractivity contribution in [3.63, 3.8) is 0 Å². The van der Waals surface area contributed by atoms with Crippen LogP contribution < -0.4 is 0 Å². The lowest BCUT2D eigenvalue weighted by Crippen LogP contribution is -2.03. The van der Waals surface area contributed by atoms with E-state index in [-0.39, 0.29) is 0 Å². The molecule has 11 heavy (non-hydrogen) atoms. The molecule has 0 saturated heterocycles. The van der Waals surface area contributed by atoms with E-state index in [1.807, 2.05) is 0 Å². The van der Waals surface area contributed by atoms with Crippen LogP contribution in [-0.2, 0) is 6.18 Å². The second kappa shape index (κ2) is 2.49. The lowest BCUT2D eigenvalue weighted by atomic mass is 10.1. The first-order valence-corrected chi connectivity index (χ1v) is 2.99. The molecular weight excluding hydrogens is 153 g/mol. The van der Waals surface area contributed by atoms with Gasteiger partial charge in [-0.1, -0.05) is 0 Å². The first-order valence-electron chi connectivity index (χ1n) is 2.99. The molecule has 0 atom stereocenters. The molecule has 0 spiro atoms. The Balaban J connectivity index is 2.99. The van der Waals surface area contributed by atoms with E-state index in [9.17, 15) is 13.2 Å². The second-order valence-corrected chi connectivity index (χ2v) is 2.19. The van der Waals surface area contributed by atoms with E-state index in [1.54, 1.807) is 0 Å². The quantitative estimate of drug-likeness (QED) is 0.510. The fourth-order valence-corrected chi connectivity index (χ4v) is 0.694. The fraction of sp³-hybridized carbons (Fsp3) is 0.125. The SMILES string of the molecule is [CH2+]c1ccc(C(F)(F)F)cc1. The molecule has 0 aliphatic heterocycles. The number of alkyl halides is 3. The monoisotopic (exact) mass is 159 g/mol. The van der Waals surface area contributed by atoms with Crippen molar-refractivity contribution in [1.82, 2.24) is 0 Å². The van der Waals surface area contributed by atoms with Crippen LogP contribution >= 0.6 is 0 Å². The summed E-state index contributed by atoms with van der Waals surface area (Å²) in [5.41, 5.74) is -0.0529. The summed E-state index contributed by atoms with van der Waals surface area (Å²) in [5.74, 6) is 0. The van der Waals surface area contributed by atoms with Crippen molar-refractivity contribution in [2.45, 2.75) is 6.18 Å². The van der Waals surface area contributed by atoms with Crippen molar-refractivity contribution in [1.29, 1.82) is 0 Å². The van der Waals surface area contributed by atoms with E-state index in [2.05, 4.69) is 6.92 Å². The Bertz CT molecular complexity index is 233. The van der Waals surface area contributed by atoms with Crippen LogP contribution in [0.3, 0.4) is 0 Å². The van der Waals surface area contributed by atoms with Crippen LogP contribution in [0.1, 0.15) is 11.1 Å². The third-order valence-corrected chi connectivity index (χ3v) is 1.28. The Morgan fingerprint density at radius 2 is 1.45 bits per heavy atom. The van der Waals surface area contributed by atoms with Gasteiger partial charge in [-0.05, 0) is 0 Å². The highest BCUT2D eigenvalue weighted by Crippen LogP contribution is 2.28. The molecule has 0 unspecified atom stereocenters. The summed E-state index contributed by atoms with van der Waals surface area (Å²) < 4.78 is 35.7. The fourth-order valence-electron chi connectivity index (χ4n) is 0.694. The molecule has 0 bridgehead atoms. The summed E-state index contributed by atoms with van der Waals surface area (Å²) in [6.07, 6.45) is -4.24. The van der Waals surface area contributed by atoms with Crippen LogP contribution in [0.2, 0.25) is 0 Å². The molecule has 1 aromatic carbocycles. The van der Waals surface area contributed by atoms with E-state index in [0.29, 0.717) is 5.56 Å². The summed E-state index contributed by atoms with van der Waals surface area (Å²) >= 11 is 0. The zero-order chi connectivity index (χ0) is 8.48. The van der Waals surface area contributed by atoms with Gasteiger partial charge in [0.15, 0.2) is 0 Å². The zero-order valence-corrected chi connectivity index (χ0v) is 5.65. The Labute approximate surface area is 62.7 Å². The van der Waals surface area contributed by atoms with Crippen LogP contribution in [0.4, 0.5) is 13.2 Å². The van der Waals surface area contributed by atoms with Gasteiger partial charge in [-0.25, -0.2) is 0 Å². The molecule has 0 saturated carbocycles. The lowest BCUT2D eigenvalue weighted by molar-refractivity contribution is -0.137. The molecule has 58 valence electrons. The van der Waals surface area contributed by atoms with Crippen LogP contribution in [-0.4, -0.2) is 0 Å². The Morgan fingerprint density at radius 1 is 1.00 bits per heavy atom. The van der Waals surface area contributed by atoms with Crippen molar-refractivity contribution in [3.8, 4) is 0 Å². The average molecular weight is 159 g/mol. The van der Waals surface area contributed by atoms with Crippen LogP contribution in [0.25, 0.3) is 0 Å². The largest absolute Gasteiger partial charge is 0.418 e. The first-order chi connectivity index (χ1) is 5.00. The van der Waals surface area contributed by atoms with Crippen LogP contribution in [0, 0.1) is 6.92 Å². The van der Waals surface area contributed by atoms with E-state index < -0.39 is 11.7 Å². The summed E-state index contributed by atoms with van der Waals surface area (Å²) in [5, 5.41) is 0. The second-order valence-electron chi connectivity index (χ2n) is 2.19. The maximum absolute atomic E-state index is 11.9. The minimum atomic E-state index is -4.24. The number of rotatable bonds is 0. The van der Waals surface area contributed by atoms with E-state index in [1.165, 1.54) is 12.1 Å². The molecule has 0 aliphatic rings. The minimum Gasteiger partial charge on any atom is -0.166 e. The number of hydrogen-bond acceptors (Lipinski definition) is 0. The molecule has 3 heteroatoms. The number of benzene rings is 1. The molecular formula is C8H6F3+. The van der Waals surface area contributed by atoms with E-state index in [4.69, 9.17) is 0 Å². The van der Waals surface area contributed by atoms with Gasteiger partial charge in [0.05, 0.1) is 5.56 Å². The van der Waals surface area contributed by atoms with Gasteiger partial charge in [-0.15, -0.1) is 0 Å². The highest BCUT2D eigenvalue weighted by Gasteiger charge is 2.31. The van der Waals surface area contributed by atoms with E-state index in [0.717, 1.165) is 12.1 Å². The topological polar surface area (TPSA) is 0 Å². The molecule has 0 N–H and O–H groups in total. The van der Waals surface area contributed by atoms with Crippen molar-refractivity contribution >= 4 is 0 Å². The molecule has 0 aromatic heterocycles. The standard InChI is InChI=1S/C8H6F3/c1-6-2-4-7(5-3-6)8(9,10)11/h2-5H,1H2/q+1. The maximum atomic E-state index is 11.9. The van der Waals surface area contributed by atoms with E-state index >= 15 is 0 Å². The van der Waals surface area contributed by atoms with Gasteiger partial charge in [-0.2, -0.15) is 13.2 Å². The maximum Gasteiger partial charge on any atom is 0.418 e. The molecule has 1 aromatic rings. The molecule has 0 heterocycles. The van der Waals surface area contributed by atoms with Crippen molar-refractivity contribution in [2.75, 3.05) is 0 Å². The summed E-state index contributed by atoms with van der Waals surface area (Å²) in [6.45, 7) is 3.48. The number of hydrogen-bond donors (Lipinski definition) is 0. The molecule has 0 radical (unpaired) electrons. The van der Waals surface area contributed by atoms with Gasteiger partial charge in [0, 0.05) is 31.2 Å². The minimum absolute atomic E-state index is 0.581. The van der Waals surface area contributed by atoms with Crippen molar-refractivity contribution in [2.24, 2.45) is 0 Å². The molecule has 0 nitrogen and oxygen atoms in total. The van der Waals surface area contributed by atoms with Crippen LogP contribution in [0.5, 0.6) is 0 Å². The average Bonchev–Trinajstić information content (AvgIpc) is 1.86. The van der Waals surface area contributed by atoms with Gasteiger partial charge in [0.2, 0.25) is 0 Å². The van der Waals surface area contributed by atoms with Gasteiger partial charge in [0.1, 0.15) is 5.56 Å². The normalized spacial score (nSPS) is 11.5. The Hall–Kier alpha value is -1.12. The van der Waals surface area contributed by atoms with Gasteiger partial charge in [-0.3, -0.25) is 0 Å². The van der Waals surface area contributed by atoms with Gasteiger partial charge >= 0.3 is 6.18 Å². The summed E-state index contributed by atoms with van der Waals surface area (Å²) in [4.78, 5) is 0. The molecule has 0 aliphatic carbocycles. The summed E-state index contributed by atoms with van der Waals surface area (Å²) in [7, 11) is 0. The molecule has 0 fully saturated rings. The predicted octanol–water partition coefficient (Wildman–Crippen LogP) is 2.89. The first kappa shape index (κ1) is 7.98. The third kappa shape index (κ3) is 1.90. The molecule has 1 rings (SSSR count). The van der Waals surface area contributed by atoms with Crippen molar-refractivity contribution in [3.05, 3.63) is 42.3 Å². The summed E-state index contributed by atoms with van der Waals surface area (Å²) in [6, 6.07) is 4.70. The Kier molecular flexibility index (Phi) is 1.81. The Morgan fingerprint density at radius 3 is 1.82 bits per heavy atom. The molecule has 0 amide bonds. The predicted molar refractivity (Wildman–Crippen MR) is 35.9 cm³/mol. The smallest absolute Gasteiger partial charge is 0.166 e. The zero-order valence-electron chi connectivity index (χ0n) is 5.65. The third-order valence-electron chi connectivity index (χ3n) is 1.28. The highest BCUT2D eigenvalue weighted by atomic mass is 19.4. The van der Waals surface area contributed by atoms with Gasteiger partial charge in [0.25, 0.3) is 0 Å². The highest BCUT2D eigenvalue weighted by molar-refractivity contribution is 5.25.